The Labute approximate surface area is 149 Å². The van der Waals surface area contributed by atoms with Crippen LogP contribution in [0.2, 0.25) is 0 Å². The van der Waals surface area contributed by atoms with Crippen molar-refractivity contribution in [3.8, 4) is 0 Å². The molecule has 1 aliphatic heterocycles. The number of piperidine rings is 1. The molecule has 0 unspecified atom stereocenters. The number of nitrogens with one attached hydrogen (secondary N) is 1. The third-order valence-corrected chi connectivity index (χ3v) is 6.69. The minimum Gasteiger partial charge on any atom is -0.342 e. The first-order valence-electron chi connectivity index (χ1n) is 8.35. The van der Waals surface area contributed by atoms with Crippen LogP contribution in [0.4, 0.5) is 8.78 Å². The predicted octanol–water partition coefficient (Wildman–Crippen LogP) is 3.41. The fourth-order valence-electron chi connectivity index (χ4n) is 3.36. The van der Waals surface area contributed by atoms with E-state index in [9.17, 15) is 17.2 Å². The zero-order valence-electron chi connectivity index (χ0n) is 13.8. The summed E-state index contributed by atoms with van der Waals surface area (Å²) in [4.78, 5) is 7.38. The lowest BCUT2D eigenvalue weighted by molar-refractivity contribution is 0.313. The normalized spacial score (nSPS) is 17.0. The highest BCUT2D eigenvalue weighted by Crippen LogP contribution is 2.31. The highest BCUT2D eigenvalue weighted by Gasteiger charge is 2.32. The van der Waals surface area contributed by atoms with Crippen molar-refractivity contribution in [1.29, 1.82) is 0 Å². The molecule has 2 heterocycles. The van der Waals surface area contributed by atoms with Crippen molar-refractivity contribution in [2.75, 3.05) is 13.1 Å². The average molecular weight is 377 g/mol. The third kappa shape index (κ3) is 2.99. The van der Waals surface area contributed by atoms with Crippen molar-refractivity contribution < 1.29 is 17.2 Å². The Hall–Kier alpha value is -2.32. The fraction of sp³-hybridized carbons (Fsp3) is 0.278. The van der Waals surface area contributed by atoms with Gasteiger partial charge in [0.15, 0.2) is 0 Å². The van der Waals surface area contributed by atoms with Gasteiger partial charge < -0.3 is 4.98 Å². The summed E-state index contributed by atoms with van der Waals surface area (Å²) in [5.74, 6) is -0.905. The summed E-state index contributed by atoms with van der Waals surface area (Å²) in [6, 6.07) is 10.2. The van der Waals surface area contributed by atoms with Crippen LogP contribution in [-0.2, 0) is 10.0 Å². The number of benzene rings is 2. The number of aromatic nitrogens is 2. The summed E-state index contributed by atoms with van der Waals surface area (Å²) in [7, 11) is -3.98. The second-order valence-electron chi connectivity index (χ2n) is 6.39. The molecule has 1 aliphatic rings. The van der Waals surface area contributed by atoms with E-state index < -0.39 is 26.6 Å². The molecular formula is C18H17F2N3O2S. The summed E-state index contributed by atoms with van der Waals surface area (Å²) in [6.45, 7) is 0.529. The molecule has 1 fully saturated rings. The number of H-pyrrole nitrogens is 1. The molecule has 8 heteroatoms. The van der Waals surface area contributed by atoms with Crippen LogP contribution in [-0.4, -0.2) is 35.8 Å². The Morgan fingerprint density at radius 2 is 1.81 bits per heavy atom. The molecule has 2 aromatic carbocycles. The molecule has 26 heavy (non-hydrogen) atoms. The maximum Gasteiger partial charge on any atom is 0.245 e. The van der Waals surface area contributed by atoms with Crippen molar-refractivity contribution >= 4 is 21.1 Å². The number of para-hydroxylation sites is 2. The minimum atomic E-state index is -3.98. The van der Waals surface area contributed by atoms with Gasteiger partial charge in [0.2, 0.25) is 10.0 Å². The van der Waals surface area contributed by atoms with Crippen molar-refractivity contribution in [3.05, 3.63) is 59.9 Å². The smallest absolute Gasteiger partial charge is 0.245 e. The lowest BCUT2D eigenvalue weighted by Gasteiger charge is -2.30. The molecule has 0 radical (unpaired) electrons. The fourth-order valence-corrected chi connectivity index (χ4v) is 4.87. The summed E-state index contributed by atoms with van der Waals surface area (Å²) in [5.41, 5.74) is 1.83. The first kappa shape index (κ1) is 17.1. The largest absolute Gasteiger partial charge is 0.342 e. The lowest BCUT2D eigenvalue weighted by Crippen LogP contribution is -2.38. The molecule has 3 aromatic rings. The molecule has 0 saturated carbocycles. The van der Waals surface area contributed by atoms with Crippen LogP contribution in [0.25, 0.3) is 11.0 Å². The zero-order valence-corrected chi connectivity index (χ0v) is 14.6. The maximum absolute atomic E-state index is 13.9. The maximum atomic E-state index is 13.9. The quantitative estimate of drug-likeness (QED) is 0.761. The van der Waals surface area contributed by atoms with Crippen molar-refractivity contribution in [2.45, 2.75) is 23.7 Å². The molecule has 0 bridgehead atoms. The second-order valence-corrected chi connectivity index (χ2v) is 8.30. The number of sulfonamides is 1. The van der Waals surface area contributed by atoms with Gasteiger partial charge in [0.05, 0.1) is 11.0 Å². The Morgan fingerprint density at radius 1 is 1.08 bits per heavy atom. The van der Waals surface area contributed by atoms with Crippen molar-refractivity contribution in [2.24, 2.45) is 0 Å². The molecule has 1 aromatic heterocycles. The molecule has 5 nitrogen and oxygen atoms in total. The summed E-state index contributed by atoms with van der Waals surface area (Å²) >= 11 is 0. The average Bonchev–Trinajstić information content (AvgIpc) is 3.05. The molecule has 1 N–H and O–H groups in total. The van der Waals surface area contributed by atoms with Gasteiger partial charge in [-0.1, -0.05) is 12.1 Å². The monoisotopic (exact) mass is 377 g/mol. The van der Waals surface area contributed by atoms with Gasteiger partial charge >= 0.3 is 0 Å². The molecular weight excluding hydrogens is 360 g/mol. The first-order chi connectivity index (χ1) is 12.4. The third-order valence-electron chi connectivity index (χ3n) is 4.76. The summed E-state index contributed by atoms with van der Waals surface area (Å²) in [5, 5.41) is 0. The van der Waals surface area contributed by atoms with E-state index in [1.807, 2.05) is 24.3 Å². The Kier molecular flexibility index (Phi) is 4.24. The van der Waals surface area contributed by atoms with E-state index in [1.54, 1.807) is 0 Å². The van der Waals surface area contributed by atoms with Gasteiger partial charge in [-0.3, -0.25) is 0 Å². The Morgan fingerprint density at radius 3 is 2.50 bits per heavy atom. The minimum absolute atomic E-state index is 0.118. The highest BCUT2D eigenvalue weighted by atomic mass is 32.2. The van der Waals surface area contributed by atoms with Gasteiger partial charge in [-0.2, -0.15) is 4.31 Å². The van der Waals surface area contributed by atoms with Crippen LogP contribution in [0.1, 0.15) is 24.6 Å². The van der Waals surface area contributed by atoms with Crippen molar-refractivity contribution in [3.63, 3.8) is 0 Å². The van der Waals surface area contributed by atoms with E-state index in [-0.39, 0.29) is 19.0 Å². The van der Waals surface area contributed by atoms with Crippen molar-refractivity contribution in [1.82, 2.24) is 14.3 Å². The standard InChI is InChI=1S/C18H17F2N3O2S/c19-13-5-6-17(14(20)11-13)26(24,25)23-9-7-12(8-10-23)18-21-15-3-1-2-4-16(15)22-18/h1-6,11-12H,7-10H2,(H,21,22). The predicted molar refractivity (Wildman–Crippen MR) is 93.2 cm³/mol. The van der Waals surface area contributed by atoms with Gasteiger partial charge in [0.1, 0.15) is 22.4 Å². The first-order valence-corrected chi connectivity index (χ1v) is 9.79. The summed E-state index contributed by atoms with van der Waals surface area (Å²) in [6.07, 6.45) is 1.17. The van der Waals surface area contributed by atoms with Crippen LogP contribution >= 0.6 is 0 Å². The van der Waals surface area contributed by atoms with Crippen LogP contribution in [0.3, 0.4) is 0 Å². The lowest BCUT2D eigenvalue weighted by atomic mass is 9.97. The molecule has 0 aliphatic carbocycles. The Balaban J connectivity index is 1.52. The van der Waals surface area contributed by atoms with Crippen LogP contribution < -0.4 is 0 Å². The van der Waals surface area contributed by atoms with Gasteiger partial charge in [0.25, 0.3) is 0 Å². The number of hydrogen-bond donors (Lipinski definition) is 1. The molecule has 136 valence electrons. The van der Waals surface area contributed by atoms with E-state index >= 15 is 0 Å². The number of halogens is 2. The molecule has 4 rings (SSSR count). The number of hydrogen-bond acceptors (Lipinski definition) is 3. The topological polar surface area (TPSA) is 66.1 Å². The summed E-state index contributed by atoms with van der Waals surface area (Å²) < 4.78 is 53.5. The number of rotatable bonds is 3. The van der Waals surface area contributed by atoms with E-state index in [4.69, 9.17) is 0 Å². The second kappa shape index (κ2) is 6.44. The van der Waals surface area contributed by atoms with E-state index in [0.29, 0.717) is 18.9 Å². The zero-order chi connectivity index (χ0) is 18.3. The highest BCUT2D eigenvalue weighted by molar-refractivity contribution is 7.89. The number of nitrogens with zero attached hydrogens (tertiary/aromatic N) is 2. The van der Waals surface area contributed by atoms with Crippen LogP contribution in [0.5, 0.6) is 0 Å². The molecule has 0 spiro atoms. The van der Waals surface area contributed by atoms with Gasteiger partial charge in [0, 0.05) is 25.1 Å². The number of aromatic amines is 1. The molecule has 1 saturated heterocycles. The van der Waals surface area contributed by atoms with Crippen LogP contribution in [0.15, 0.2) is 47.4 Å². The van der Waals surface area contributed by atoms with E-state index in [0.717, 1.165) is 29.0 Å². The Bertz CT molecular complexity index is 1020. The van der Waals surface area contributed by atoms with Crippen LogP contribution in [0, 0.1) is 11.6 Å². The van der Waals surface area contributed by atoms with E-state index in [1.165, 1.54) is 4.31 Å². The number of fused-ring (bicyclic) bond motifs is 1. The number of imidazole rings is 1. The molecule has 0 amide bonds. The van der Waals surface area contributed by atoms with Gasteiger partial charge in [-0.25, -0.2) is 22.2 Å². The van der Waals surface area contributed by atoms with E-state index in [2.05, 4.69) is 9.97 Å². The molecule has 0 atom stereocenters. The SMILES string of the molecule is O=S(=O)(c1ccc(F)cc1F)N1CCC(c2nc3ccccc3[nH]2)CC1. The van der Waals surface area contributed by atoms with Gasteiger partial charge in [-0.05, 0) is 37.1 Å². The van der Waals surface area contributed by atoms with Gasteiger partial charge in [-0.15, -0.1) is 0 Å².